The van der Waals surface area contributed by atoms with Crippen LogP contribution >= 0.6 is 23.2 Å². The fraction of sp³-hybridized carbons (Fsp3) is 0.0800. The molecule has 4 rings (SSSR count). The maximum absolute atomic E-state index is 13.8. The van der Waals surface area contributed by atoms with Crippen LogP contribution in [0.3, 0.4) is 0 Å². The fourth-order valence-electron chi connectivity index (χ4n) is 3.19. The number of hydrogen-bond donors (Lipinski definition) is 0. The van der Waals surface area contributed by atoms with E-state index in [4.69, 9.17) is 27.6 Å². The topological polar surface area (TPSA) is 62.9 Å². The van der Waals surface area contributed by atoms with Crippen LogP contribution in [0.15, 0.2) is 99.2 Å². The molecule has 0 N–H and O–H groups in total. The Morgan fingerprint density at radius 3 is 2.18 bits per heavy atom. The van der Waals surface area contributed by atoms with Crippen molar-refractivity contribution in [3.63, 3.8) is 0 Å². The van der Waals surface area contributed by atoms with Crippen LogP contribution in [-0.2, 0) is 23.1 Å². The second-order valence-corrected chi connectivity index (χ2v) is 10.2. The number of furan rings is 1. The number of halogens is 3. The first-order chi connectivity index (χ1) is 16.3. The Morgan fingerprint density at radius 1 is 0.853 bits per heavy atom. The van der Waals surface area contributed by atoms with Crippen molar-refractivity contribution in [1.29, 1.82) is 0 Å². The predicted molar refractivity (Wildman–Crippen MR) is 132 cm³/mol. The van der Waals surface area contributed by atoms with Crippen LogP contribution in [-0.4, -0.2) is 18.9 Å². The third kappa shape index (κ3) is 5.93. The molecule has 0 aliphatic rings. The van der Waals surface area contributed by atoms with Crippen molar-refractivity contribution in [1.82, 2.24) is 4.31 Å². The van der Waals surface area contributed by atoms with E-state index in [1.807, 2.05) is 0 Å². The molecule has 0 atom stereocenters. The summed E-state index contributed by atoms with van der Waals surface area (Å²) in [7, 11) is -3.88. The summed E-state index contributed by atoms with van der Waals surface area (Å²) >= 11 is 11.9. The summed E-state index contributed by atoms with van der Waals surface area (Å²) in [5, 5.41) is 0.994. The average molecular weight is 517 g/mol. The third-order valence-corrected chi connectivity index (χ3v) is 7.23. The van der Waals surface area contributed by atoms with E-state index in [0.29, 0.717) is 21.6 Å². The first-order valence-corrected chi connectivity index (χ1v) is 12.4. The molecular formula is C25H19Cl2FN2O3S. The minimum absolute atomic E-state index is 0.0267. The second kappa shape index (κ2) is 10.5. The highest BCUT2D eigenvalue weighted by Crippen LogP contribution is 2.24. The van der Waals surface area contributed by atoms with Gasteiger partial charge < -0.3 is 4.42 Å². The lowest BCUT2D eigenvalue weighted by atomic mass is 10.2. The van der Waals surface area contributed by atoms with Crippen molar-refractivity contribution in [2.45, 2.75) is 18.0 Å². The number of sulfonamides is 1. The molecule has 0 bridgehead atoms. The van der Waals surface area contributed by atoms with Crippen LogP contribution in [0.2, 0.25) is 10.0 Å². The molecular weight excluding hydrogens is 498 g/mol. The normalized spacial score (nSPS) is 12.0. The molecule has 0 spiro atoms. The quantitative estimate of drug-likeness (QED) is 0.240. The average Bonchev–Trinajstić information content (AvgIpc) is 3.27. The van der Waals surface area contributed by atoms with Crippen molar-refractivity contribution in [3.05, 3.63) is 118 Å². The van der Waals surface area contributed by atoms with E-state index in [2.05, 4.69) is 4.99 Å². The van der Waals surface area contributed by atoms with Crippen LogP contribution < -0.4 is 0 Å². The monoisotopic (exact) mass is 516 g/mol. The highest BCUT2D eigenvalue weighted by molar-refractivity contribution is 7.89. The zero-order valence-corrected chi connectivity index (χ0v) is 20.1. The Balaban J connectivity index is 1.60. The van der Waals surface area contributed by atoms with Crippen molar-refractivity contribution < 1.29 is 17.2 Å². The fourth-order valence-corrected chi connectivity index (χ4v) is 4.83. The van der Waals surface area contributed by atoms with Gasteiger partial charge in [-0.3, -0.25) is 0 Å². The van der Waals surface area contributed by atoms with Gasteiger partial charge in [0.1, 0.15) is 17.3 Å². The van der Waals surface area contributed by atoms with Crippen LogP contribution in [0.5, 0.6) is 0 Å². The second-order valence-electron chi connectivity index (χ2n) is 7.37. The molecule has 0 fully saturated rings. The van der Waals surface area contributed by atoms with E-state index in [-0.39, 0.29) is 23.7 Å². The van der Waals surface area contributed by atoms with Crippen molar-refractivity contribution in [3.8, 4) is 0 Å². The largest absolute Gasteiger partial charge is 0.459 e. The molecule has 0 aliphatic carbocycles. The summed E-state index contributed by atoms with van der Waals surface area (Å²) in [5.41, 5.74) is 0.935. The minimum Gasteiger partial charge on any atom is -0.459 e. The molecule has 34 heavy (non-hydrogen) atoms. The van der Waals surface area contributed by atoms with Crippen molar-refractivity contribution >= 4 is 45.1 Å². The van der Waals surface area contributed by atoms with E-state index in [9.17, 15) is 12.8 Å². The summed E-state index contributed by atoms with van der Waals surface area (Å²) < 4.78 is 47.7. The Labute approximate surface area is 207 Å². The number of benzene rings is 3. The zero-order chi connectivity index (χ0) is 24.1. The van der Waals surface area contributed by atoms with E-state index < -0.39 is 15.8 Å². The summed E-state index contributed by atoms with van der Waals surface area (Å²) in [6, 6.07) is 22.3. The molecule has 0 saturated heterocycles. The lowest BCUT2D eigenvalue weighted by molar-refractivity contribution is 0.357. The van der Waals surface area contributed by atoms with E-state index in [1.165, 1.54) is 40.9 Å². The van der Waals surface area contributed by atoms with Gasteiger partial charge in [-0.15, -0.1) is 0 Å². The van der Waals surface area contributed by atoms with Gasteiger partial charge in [0.05, 0.1) is 23.3 Å². The maximum Gasteiger partial charge on any atom is 0.243 e. The SMILES string of the molecule is O=S(=O)(c1ccc(Cl)cc1)N(Cc1ccc(Cl)cc1)Cc1ccc(C=Nc2ccccc2F)o1. The number of rotatable bonds is 8. The molecule has 1 heterocycles. The van der Waals surface area contributed by atoms with Gasteiger partial charge in [0, 0.05) is 16.6 Å². The Hall–Kier alpha value is -2.97. The molecule has 0 amide bonds. The molecule has 9 heteroatoms. The first-order valence-electron chi connectivity index (χ1n) is 10.2. The molecule has 174 valence electrons. The molecule has 0 unspecified atom stereocenters. The maximum atomic E-state index is 13.8. The van der Waals surface area contributed by atoms with Gasteiger partial charge >= 0.3 is 0 Å². The van der Waals surface area contributed by atoms with Gasteiger partial charge in [0.2, 0.25) is 10.0 Å². The van der Waals surface area contributed by atoms with Gasteiger partial charge in [0.15, 0.2) is 0 Å². The zero-order valence-electron chi connectivity index (χ0n) is 17.7. The molecule has 0 radical (unpaired) electrons. The van der Waals surface area contributed by atoms with Crippen LogP contribution in [0.1, 0.15) is 17.1 Å². The molecule has 5 nitrogen and oxygen atoms in total. The first kappa shape index (κ1) is 24.2. The Kier molecular flexibility index (Phi) is 7.48. The number of nitrogens with zero attached hydrogens (tertiary/aromatic N) is 2. The molecule has 3 aromatic carbocycles. The molecule has 4 aromatic rings. The minimum atomic E-state index is -3.88. The predicted octanol–water partition coefficient (Wildman–Crippen LogP) is 6.87. The molecule has 0 saturated carbocycles. The summed E-state index contributed by atoms with van der Waals surface area (Å²) in [4.78, 5) is 4.21. The molecule has 0 aliphatic heterocycles. The highest BCUT2D eigenvalue weighted by atomic mass is 35.5. The smallest absolute Gasteiger partial charge is 0.243 e. The van der Waals surface area contributed by atoms with Gasteiger partial charge in [-0.1, -0.05) is 47.5 Å². The third-order valence-electron chi connectivity index (χ3n) is 4.92. The van der Waals surface area contributed by atoms with Crippen molar-refractivity contribution in [2.24, 2.45) is 4.99 Å². The summed E-state index contributed by atoms with van der Waals surface area (Å²) in [6.45, 7) is 0.0720. The van der Waals surface area contributed by atoms with Crippen molar-refractivity contribution in [2.75, 3.05) is 0 Å². The van der Waals surface area contributed by atoms with Crippen LogP contribution in [0, 0.1) is 5.82 Å². The lowest BCUT2D eigenvalue weighted by Gasteiger charge is -2.21. The lowest BCUT2D eigenvalue weighted by Crippen LogP contribution is -2.30. The summed E-state index contributed by atoms with van der Waals surface area (Å²) in [5.74, 6) is 0.323. The van der Waals surface area contributed by atoms with Crippen LogP contribution in [0.4, 0.5) is 10.1 Å². The van der Waals surface area contributed by atoms with E-state index in [1.54, 1.807) is 54.6 Å². The molecule has 1 aromatic heterocycles. The van der Waals surface area contributed by atoms with Gasteiger partial charge in [-0.05, 0) is 66.2 Å². The number of aliphatic imine (C=N–C) groups is 1. The van der Waals surface area contributed by atoms with E-state index in [0.717, 1.165) is 5.56 Å². The Morgan fingerprint density at radius 2 is 1.50 bits per heavy atom. The van der Waals surface area contributed by atoms with Gasteiger partial charge in [-0.25, -0.2) is 17.8 Å². The standard InChI is InChI=1S/C25H19Cl2FN2O3S/c26-19-7-5-18(6-8-19)16-30(34(31,32)23-13-9-20(27)10-14-23)17-22-12-11-21(33-22)15-29-25-4-2-1-3-24(25)28/h1-15H,16-17H2. The highest BCUT2D eigenvalue weighted by Gasteiger charge is 2.26. The van der Waals surface area contributed by atoms with E-state index >= 15 is 0 Å². The van der Waals surface area contributed by atoms with Gasteiger partial charge in [0.25, 0.3) is 0 Å². The van der Waals surface area contributed by atoms with Gasteiger partial charge in [-0.2, -0.15) is 4.31 Å². The number of hydrogen-bond acceptors (Lipinski definition) is 4. The van der Waals surface area contributed by atoms with Crippen LogP contribution in [0.25, 0.3) is 0 Å². The Bertz CT molecular complexity index is 1400. The summed E-state index contributed by atoms with van der Waals surface area (Å²) in [6.07, 6.45) is 1.39. The number of para-hydroxylation sites is 1.